The van der Waals surface area contributed by atoms with Gasteiger partial charge >= 0.3 is 0 Å². The fraction of sp³-hybridized carbons (Fsp3) is 0.476. The van der Waals surface area contributed by atoms with Gasteiger partial charge in [-0.1, -0.05) is 26.0 Å². The lowest BCUT2D eigenvalue weighted by atomic mass is 10.2. The summed E-state index contributed by atoms with van der Waals surface area (Å²) in [5.74, 6) is 2.24. The van der Waals surface area contributed by atoms with Gasteiger partial charge in [0.1, 0.15) is 11.6 Å². The number of benzene rings is 1. The third kappa shape index (κ3) is 5.26. The third-order valence-electron chi connectivity index (χ3n) is 4.74. The number of hydrogen-bond donors (Lipinski definition) is 1. The van der Waals surface area contributed by atoms with Gasteiger partial charge in [-0.2, -0.15) is 0 Å². The second-order valence-corrected chi connectivity index (χ2v) is 7.56. The van der Waals surface area contributed by atoms with E-state index in [1.54, 1.807) is 0 Å². The molecule has 1 N–H and O–H groups in total. The number of rotatable bonds is 5. The van der Waals surface area contributed by atoms with Gasteiger partial charge in [-0.25, -0.2) is 9.97 Å². The molecule has 6 nitrogen and oxygen atoms in total. The van der Waals surface area contributed by atoms with Crippen molar-refractivity contribution in [2.24, 2.45) is 0 Å². The summed E-state index contributed by atoms with van der Waals surface area (Å²) in [6.07, 6.45) is 0. The van der Waals surface area contributed by atoms with Crippen LogP contribution in [0.5, 0.6) is 0 Å². The molecule has 2 heterocycles. The van der Waals surface area contributed by atoms with E-state index in [2.05, 4.69) is 33.9 Å². The van der Waals surface area contributed by atoms with Gasteiger partial charge < -0.3 is 10.2 Å². The van der Waals surface area contributed by atoms with Crippen LogP contribution in [0.25, 0.3) is 0 Å². The minimum Gasteiger partial charge on any atom is -0.354 e. The monoisotopic (exact) mass is 367 g/mol. The van der Waals surface area contributed by atoms with E-state index in [9.17, 15) is 4.79 Å². The average molecular weight is 367 g/mol. The first kappa shape index (κ1) is 19.3. The Kier molecular flexibility index (Phi) is 6.06. The predicted octanol–water partition coefficient (Wildman–Crippen LogP) is 2.98. The van der Waals surface area contributed by atoms with Crippen molar-refractivity contribution in [1.82, 2.24) is 14.9 Å². The minimum absolute atomic E-state index is 0.0361. The van der Waals surface area contributed by atoms with Crippen LogP contribution >= 0.6 is 0 Å². The standard InChI is InChI=1S/C21H29N5O/c1-15(2)21-22-17(4)13-19(24-21)26-10-8-25(9-11-26)14-20(27)23-18-7-5-6-16(3)12-18/h5-7,12-13,15H,8-11,14H2,1-4H3,(H,23,27). The van der Waals surface area contributed by atoms with Crippen LogP contribution in [-0.2, 0) is 4.79 Å². The minimum atomic E-state index is 0.0361. The van der Waals surface area contributed by atoms with Crippen molar-refractivity contribution < 1.29 is 4.79 Å². The maximum Gasteiger partial charge on any atom is 0.238 e. The van der Waals surface area contributed by atoms with Crippen LogP contribution in [0.15, 0.2) is 30.3 Å². The lowest BCUT2D eigenvalue weighted by molar-refractivity contribution is -0.117. The molecule has 1 aromatic carbocycles. The Balaban J connectivity index is 1.54. The number of aryl methyl sites for hydroxylation is 2. The van der Waals surface area contributed by atoms with E-state index >= 15 is 0 Å². The van der Waals surface area contributed by atoms with E-state index in [4.69, 9.17) is 4.98 Å². The van der Waals surface area contributed by atoms with E-state index in [0.29, 0.717) is 12.5 Å². The fourth-order valence-corrected chi connectivity index (χ4v) is 3.26. The second kappa shape index (κ2) is 8.48. The molecule has 3 rings (SSSR count). The molecule has 0 atom stereocenters. The van der Waals surface area contributed by atoms with E-state index in [0.717, 1.165) is 54.8 Å². The van der Waals surface area contributed by atoms with Crippen LogP contribution < -0.4 is 10.2 Å². The van der Waals surface area contributed by atoms with Gasteiger partial charge in [0.2, 0.25) is 5.91 Å². The maximum atomic E-state index is 12.3. The van der Waals surface area contributed by atoms with Crippen molar-refractivity contribution in [3.8, 4) is 0 Å². The van der Waals surface area contributed by atoms with E-state index in [1.807, 2.05) is 44.2 Å². The Labute approximate surface area is 161 Å². The first-order valence-electron chi connectivity index (χ1n) is 9.60. The first-order valence-corrected chi connectivity index (χ1v) is 9.60. The molecule has 6 heteroatoms. The van der Waals surface area contributed by atoms with Crippen molar-refractivity contribution >= 4 is 17.4 Å². The summed E-state index contributed by atoms with van der Waals surface area (Å²) in [7, 11) is 0. The molecule has 0 bridgehead atoms. The molecule has 0 radical (unpaired) electrons. The van der Waals surface area contributed by atoms with Gasteiger partial charge in [0.25, 0.3) is 0 Å². The third-order valence-corrected chi connectivity index (χ3v) is 4.74. The lowest BCUT2D eigenvalue weighted by Crippen LogP contribution is -2.49. The molecule has 1 amide bonds. The summed E-state index contributed by atoms with van der Waals surface area (Å²) < 4.78 is 0. The largest absolute Gasteiger partial charge is 0.354 e. The number of aromatic nitrogens is 2. The molecule has 0 unspecified atom stereocenters. The van der Waals surface area contributed by atoms with Gasteiger partial charge in [0.05, 0.1) is 6.54 Å². The molecule has 1 saturated heterocycles. The van der Waals surface area contributed by atoms with E-state index in [-0.39, 0.29) is 5.91 Å². The van der Waals surface area contributed by atoms with Crippen molar-refractivity contribution in [3.63, 3.8) is 0 Å². The number of nitrogens with zero attached hydrogens (tertiary/aromatic N) is 4. The molecule has 0 saturated carbocycles. The van der Waals surface area contributed by atoms with Crippen LogP contribution in [0.2, 0.25) is 0 Å². The van der Waals surface area contributed by atoms with Gasteiger partial charge in [0, 0.05) is 49.5 Å². The Bertz CT molecular complexity index is 797. The summed E-state index contributed by atoms with van der Waals surface area (Å²) in [4.78, 5) is 26.1. The zero-order valence-corrected chi connectivity index (χ0v) is 16.7. The fourth-order valence-electron chi connectivity index (χ4n) is 3.26. The predicted molar refractivity (Wildman–Crippen MR) is 109 cm³/mol. The summed E-state index contributed by atoms with van der Waals surface area (Å²) in [5, 5.41) is 2.99. The topological polar surface area (TPSA) is 61.4 Å². The highest BCUT2D eigenvalue weighted by Crippen LogP contribution is 2.18. The molecule has 2 aromatic rings. The quantitative estimate of drug-likeness (QED) is 0.880. The number of carbonyl (C=O) groups excluding carboxylic acids is 1. The molecule has 1 aromatic heterocycles. The van der Waals surface area contributed by atoms with Crippen LogP contribution in [-0.4, -0.2) is 53.5 Å². The number of amides is 1. The Morgan fingerprint density at radius 3 is 2.52 bits per heavy atom. The lowest BCUT2D eigenvalue weighted by Gasteiger charge is -2.35. The van der Waals surface area contributed by atoms with Gasteiger partial charge in [0.15, 0.2) is 0 Å². The van der Waals surface area contributed by atoms with Crippen LogP contribution in [0, 0.1) is 13.8 Å². The molecule has 1 aliphatic rings. The number of anilines is 2. The molecule has 144 valence electrons. The molecular weight excluding hydrogens is 338 g/mol. The smallest absolute Gasteiger partial charge is 0.238 e. The van der Waals surface area contributed by atoms with Crippen molar-refractivity contribution in [2.75, 3.05) is 42.9 Å². The molecule has 1 fully saturated rings. The maximum absolute atomic E-state index is 12.3. The van der Waals surface area contributed by atoms with Crippen LogP contribution in [0.1, 0.15) is 36.8 Å². The zero-order valence-electron chi connectivity index (χ0n) is 16.7. The second-order valence-electron chi connectivity index (χ2n) is 7.56. The first-order chi connectivity index (χ1) is 12.9. The highest BCUT2D eigenvalue weighted by Gasteiger charge is 2.21. The molecule has 1 aliphatic heterocycles. The van der Waals surface area contributed by atoms with Crippen LogP contribution in [0.3, 0.4) is 0 Å². The number of hydrogen-bond acceptors (Lipinski definition) is 5. The number of nitrogens with one attached hydrogen (secondary N) is 1. The molecule has 27 heavy (non-hydrogen) atoms. The molecule has 0 aliphatic carbocycles. The average Bonchev–Trinajstić information content (AvgIpc) is 2.61. The zero-order chi connectivity index (χ0) is 19.4. The Hall–Kier alpha value is -2.47. The SMILES string of the molecule is Cc1cccc(NC(=O)CN2CCN(c3cc(C)nc(C(C)C)n3)CC2)c1. The summed E-state index contributed by atoms with van der Waals surface area (Å²) in [6.45, 7) is 12.1. The van der Waals surface area contributed by atoms with Gasteiger partial charge in [-0.15, -0.1) is 0 Å². The van der Waals surface area contributed by atoms with Gasteiger partial charge in [-0.05, 0) is 31.5 Å². The van der Waals surface area contributed by atoms with Crippen molar-refractivity contribution in [1.29, 1.82) is 0 Å². The number of piperazine rings is 1. The molecular formula is C21H29N5O. The Morgan fingerprint density at radius 1 is 1.11 bits per heavy atom. The summed E-state index contributed by atoms with van der Waals surface area (Å²) >= 11 is 0. The van der Waals surface area contributed by atoms with Crippen LogP contribution in [0.4, 0.5) is 11.5 Å². The van der Waals surface area contributed by atoms with E-state index < -0.39 is 0 Å². The Morgan fingerprint density at radius 2 is 1.85 bits per heavy atom. The summed E-state index contributed by atoms with van der Waals surface area (Å²) in [6, 6.07) is 9.94. The van der Waals surface area contributed by atoms with E-state index in [1.165, 1.54) is 0 Å². The van der Waals surface area contributed by atoms with Crippen molar-refractivity contribution in [2.45, 2.75) is 33.6 Å². The van der Waals surface area contributed by atoms with Crippen molar-refractivity contribution in [3.05, 3.63) is 47.4 Å². The number of carbonyl (C=O) groups is 1. The highest BCUT2D eigenvalue weighted by molar-refractivity contribution is 5.92. The normalized spacial score (nSPS) is 15.2. The molecule has 0 spiro atoms. The summed E-state index contributed by atoms with van der Waals surface area (Å²) in [5.41, 5.74) is 3.00. The highest BCUT2D eigenvalue weighted by atomic mass is 16.2. The van der Waals surface area contributed by atoms with Gasteiger partial charge in [-0.3, -0.25) is 9.69 Å².